The lowest BCUT2D eigenvalue weighted by atomic mass is 9.80. The molecule has 0 spiro atoms. The molecule has 1 aliphatic heterocycles. The third-order valence-electron chi connectivity index (χ3n) is 4.07. The molecule has 78 valence electrons. The number of likely N-dealkylation sites (tertiary alicyclic amines) is 1. The minimum absolute atomic E-state index is 0.483. The van der Waals surface area contributed by atoms with Crippen molar-refractivity contribution in [3.63, 3.8) is 0 Å². The first kappa shape index (κ1) is 9.98. The van der Waals surface area contributed by atoms with Crippen molar-refractivity contribution in [2.45, 2.75) is 45.6 Å². The van der Waals surface area contributed by atoms with Gasteiger partial charge in [-0.1, -0.05) is 20.3 Å². The van der Waals surface area contributed by atoms with E-state index in [1.54, 1.807) is 0 Å². The maximum atomic E-state index is 8.62. The molecule has 2 heteroatoms. The average Bonchev–Trinajstić information content (AvgIpc) is 2.67. The van der Waals surface area contributed by atoms with Crippen molar-refractivity contribution >= 4 is 0 Å². The fourth-order valence-electron chi connectivity index (χ4n) is 3.49. The van der Waals surface area contributed by atoms with E-state index in [-0.39, 0.29) is 0 Å². The highest BCUT2D eigenvalue weighted by molar-refractivity contribution is 5.01. The van der Waals surface area contributed by atoms with Crippen LogP contribution in [0.1, 0.15) is 39.5 Å². The number of hydrogen-bond acceptors (Lipinski definition) is 2. The Morgan fingerprint density at radius 3 is 2.93 bits per heavy atom. The van der Waals surface area contributed by atoms with E-state index in [2.05, 4.69) is 24.8 Å². The lowest BCUT2D eigenvalue weighted by Crippen LogP contribution is -2.30. The molecule has 2 nitrogen and oxygen atoms in total. The fourth-order valence-corrected chi connectivity index (χ4v) is 3.49. The molecule has 1 aliphatic carbocycles. The smallest absolute Gasteiger partial charge is 0.0635 e. The summed E-state index contributed by atoms with van der Waals surface area (Å²) in [6, 6.07) is 3.05. The van der Waals surface area contributed by atoms with E-state index >= 15 is 0 Å². The molecule has 0 amide bonds. The van der Waals surface area contributed by atoms with E-state index in [9.17, 15) is 0 Å². The zero-order valence-corrected chi connectivity index (χ0v) is 9.29. The zero-order valence-electron chi connectivity index (χ0n) is 9.29. The molecule has 2 unspecified atom stereocenters. The second-order valence-electron chi connectivity index (χ2n) is 5.47. The van der Waals surface area contributed by atoms with Gasteiger partial charge in [0.15, 0.2) is 0 Å². The Kier molecular flexibility index (Phi) is 2.53. The molecule has 0 aromatic heterocycles. The van der Waals surface area contributed by atoms with Crippen LogP contribution in [0.25, 0.3) is 0 Å². The van der Waals surface area contributed by atoms with E-state index in [0.29, 0.717) is 11.8 Å². The quantitative estimate of drug-likeness (QED) is 0.672. The van der Waals surface area contributed by atoms with E-state index < -0.39 is 0 Å². The number of nitrogens with zero attached hydrogens (tertiary/aromatic N) is 2. The minimum atomic E-state index is 0.483. The van der Waals surface area contributed by atoms with Crippen molar-refractivity contribution in [2.24, 2.45) is 11.3 Å². The lowest BCUT2D eigenvalue weighted by Gasteiger charge is -2.24. The zero-order chi connectivity index (χ0) is 10.2. The van der Waals surface area contributed by atoms with Crippen LogP contribution in [0.3, 0.4) is 0 Å². The number of nitriles is 1. The normalized spacial score (nSPS) is 35.5. The molecule has 14 heavy (non-hydrogen) atoms. The maximum absolute atomic E-state index is 8.62. The first-order valence-corrected chi connectivity index (χ1v) is 5.76. The van der Waals surface area contributed by atoms with Crippen molar-refractivity contribution < 1.29 is 0 Å². The molecule has 2 fully saturated rings. The standard InChI is InChI=1S/C12H20N2/c1-12(2)9-14(8-4-7-13)11-6-3-5-10(11)12/h10-11H,3-6,8-9H2,1-2H3. The van der Waals surface area contributed by atoms with Crippen LogP contribution in [-0.2, 0) is 0 Å². The Hall–Kier alpha value is -0.550. The Labute approximate surface area is 86.9 Å². The van der Waals surface area contributed by atoms with Gasteiger partial charge in [-0.2, -0.15) is 5.26 Å². The van der Waals surface area contributed by atoms with Gasteiger partial charge in [0.05, 0.1) is 6.07 Å². The molecule has 1 heterocycles. The van der Waals surface area contributed by atoms with Crippen LogP contribution in [-0.4, -0.2) is 24.0 Å². The summed E-state index contributed by atoms with van der Waals surface area (Å²) < 4.78 is 0. The van der Waals surface area contributed by atoms with Crippen molar-refractivity contribution in [2.75, 3.05) is 13.1 Å². The third kappa shape index (κ3) is 1.54. The Morgan fingerprint density at radius 2 is 2.21 bits per heavy atom. The Morgan fingerprint density at radius 1 is 1.43 bits per heavy atom. The molecule has 0 aromatic carbocycles. The van der Waals surface area contributed by atoms with Crippen LogP contribution in [0, 0.1) is 22.7 Å². The number of rotatable bonds is 2. The van der Waals surface area contributed by atoms with E-state index in [0.717, 1.165) is 18.5 Å². The summed E-state index contributed by atoms with van der Waals surface area (Å²) in [5.41, 5.74) is 0.483. The summed E-state index contributed by atoms with van der Waals surface area (Å²) >= 11 is 0. The summed E-state index contributed by atoms with van der Waals surface area (Å²) in [6.45, 7) is 6.97. The number of fused-ring (bicyclic) bond motifs is 1. The highest BCUT2D eigenvalue weighted by Crippen LogP contribution is 2.48. The summed E-state index contributed by atoms with van der Waals surface area (Å²) in [5, 5.41) is 8.62. The molecule has 0 radical (unpaired) electrons. The Balaban J connectivity index is 2.04. The van der Waals surface area contributed by atoms with Gasteiger partial charge in [0.1, 0.15) is 0 Å². The van der Waals surface area contributed by atoms with Crippen molar-refractivity contribution in [1.29, 1.82) is 5.26 Å². The molecule has 2 aliphatic rings. The van der Waals surface area contributed by atoms with Crippen molar-refractivity contribution in [1.82, 2.24) is 4.90 Å². The molecule has 0 aromatic rings. The SMILES string of the molecule is CC1(C)CN(CCC#N)C2CCCC21. The lowest BCUT2D eigenvalue weighted by molar-refractivity contribution is 0.242. The Bertz CT molecular complexity index is 252. The second-order valence-corrected chi connectivity index (χ2v) is 5.47. The van der Waals surface area contributed by atoms with Crippen LogP contribution in [0.15, 0.2) is 0 Å². The minimum Gasteiger partial charge on any atom is -0.299 e. The summed E-state index contributed by atoms with van der Waals surface area (Å²) in [5.74, 6) is 0.890. The molecular weight excluding hydrogens is 172 g/mol. The van der Waals surface area contributed by atoms with Gasteiger partial charge in [-0.15, -0.1) is 0 Å². The molecule has 1 saturated heterocycles. The molecule has 0 N–H and O–H groups in total. The van der Waals surface area contributed by atoms with Crippen molar-refractivity contribution in [3.05, 3.63) is 0 Å². The molecule has 2 atom stereocenters. The van der Waals surface area contributed by atoms with E-state index in [4.69, 9.17) is 5.26 Å². The van der Waals surface area contributed by atoms with Gasteiger partial charge in [0, 0.05) is 25.6 Å². The third-order valence-corrected chi connectivity index (χ3v) is 4.07. The van der Waals surface area contributed by atoms with E-state index in [1.807, 2.05) is 0 Å². The molecule has 0 bridgehead atoms. The van der Waals surface area contributed by atoms with Crippen LogP contribution in [0.4, 0.5) is 0 Å². The maximum Gasteiger partial charge on any atom is 0.0635 e. The molecule has 1 saturated carbocycles. The van der Waals surface area contributed by atoms with Gasteiger partial charge >= 0.3 is 0 Å². The first-order chi connectivity index (χ1) is 6.65. The molecular formula is C12H20N2. The van der Waals surface area contributed by atoms with Gasteiger partial charge in [-0.25, -0.2) is 0 Å². The van der Waals surface area contributed by atoms with Gasteiger partial charge in [0.25, 0.3) is 0 Å². The predicted molar refractivity (Wildman–Crippen MR) is 56.7 cm³/mol. The highest BCUT2D eigenvalue weighted by atomic mass is 15.2. The largest absolute Gasteiger partial charge is 0.299 e. The predicted octanol–water partition coefficient (Wildman–Crippen LogP) is 2.41. The number of hydrogen-bond donors (Lipinski definition) is 0. The molecule has 2 rings (SSSR count). The van der Waals surface area contributed by atoms with Crippen LogP contribution >= 0.6 is 0 Å². The summed E-state index contributed by atoms with van der Waals surface area (Å²) in [4.78, 5) is 2.56. The van der Waals surface area contributed by atoms with Gasteiger partial charge < -0.3 is 0 Å². The summed E-state index contributed by atoms with van der Waals surface area (Å²) in [7, 11) is 0. The van der Waals surface area contributed by atoms with Crippen LogP contribution in [0.2, 0.25) is 0 Å². The van der Waals surface area contributed by atoms with Gasteiger partial charge in [-0.3, -0.25) is 4.90 Å². The summed E-state index contributed by atoms with van der Waals surface area (Å²) in [6.07, 6.45) is 4.85. The monoisotopic (exact) mass is 192 g/mol. The van der Waals surface area contributed by atoms with Gasteiger partial charge in [-0.05, 0) is 24.2 Å². The van der Waals surface area contributed by atoms with Gasteiger partial charge in [0.2, 0.25) is 0 Å². The first-order valence-electron chi connectivity index (χ1n) is 5.76. The second kappa shape index (κ2) is 3.55. The van der Waals surface area contributed by atoms with Crippen LogP contribution in [0.5, 0.6) is 0 Å². The topological polar surface area (TPSA) is 27.0 Å². The highest BCUT2D eigenvalue weighted by Gasteiger charge is 2.48. The van der Waals surface area contributed by atoms with Crippen LogP contribution < -0.4 is 0 Å². The average molecular weight is 192 g/mol. The fraction of sp³-hybridized carbons (Fsp3) is 0.917. The van der Waals surface area contributed by atoms with E-state index in [1.165, 1.54) is 25.8 Å². The van der Waals surface area contributed by atoms with Crippen molar-refractivity contribution in [3.8, 4) is 6.07 Å².